The van der Waals surface area contributed by atoms with E-state index in [0.717, 1.165) is 28.1 Å². The highest BCUT2D eigenvalue weighted by Gasteiger charge is 2.21. The predicted octanol–water partition coefficient (Wildman–Crippen LogP) is 5.52. The van der Waals surface area contributed by atoms with Gasteiger partial charge in [0.05, 0.1) is 45.9 Å². The van der Waals surface area contributed by atoms with Gasteiger partial charge in [-0.15, -0.1) is 0 Å². The van der Waals surface area contributed by atoms with E-state index >= 15 is 0 Å². The van der Waals surface area contributed by atoms with E-state index in [0.29, 0.717) is 33.8 Å². The number of aryl methyl sites for hydroxylation is 3. The van der Waals surface area contributed by atoms with Crippen molar-refractivity contribution in [2.24, 2.45) is 0 Å². The van der Waals surface area contributed by atoms with E-state index in [4.69, 9.17) is 14.0 Å². The molecule has 3 aromatic heterocycles. The van der Waals surface area contributed by atoms with Crippen LogP contribution in [0.1, 0.15) is 38.7 Å². The van der Waals surface area contributed by atoms with Gasteiger partial charge in [-0.2, -0.15) is 15.1 Å². The summed E-state index contributed by atoms with van der Waals surface area (Å²) >= 11 is 0. The Bertz CT molecular complexity index is 2060. The van der Waals surface area contributed by atoms with Crippen LogP contribution in [-0.4, -0.2) is 48.9 Å². The van der Waals surface area contributed by atoms with Gasteiger partial charge in [0.15, 0.2) is 5.82 Å². The summed E-state index contributed by atoms with van der Waals surface area (Å²) in [7, 11) is 0. The topological polar surface area (TPSA) is 138 Å². The minimum absolute atomic E-state index is 0.0420. The number of nitrogens with zero attached hydrogens (tertiary/aromatic N) is 5. The number of rotatable bonds is 10. The molecule has 0 radical (unpaired) electrons. The number of ether oxygens (including phenoxy) is 2. The number of benzene rings is 3. The minimum atomic E-state index is -0.703. The van der Waals surface area contributed by atoms with Crippen LogP contribution in [-0.2, 0) is 17.9 Å². The molecule has 228 valence electrons. The average Bonchev–Trinajstić information content (AvgIpc) is 3.64. The molecule has 3 heterocycles. The van der Waals surface area contributed by atoms with Gasteiger partial charge in [-0.3, -0.25) is 14.5 Å². The number of aromatic amines is 1. The van der Waals surface area contributed by atoms with E-state index in [1.54, 1.807) is 22.8 Å². The zero-order chi connectivity index (χ0) is 31.5. The molecule has 0 fully saturated rings. The van der Waals surface area contributed by atoms with Crippen molar-refractivity contribution in [2.45, 2.75) is 33.9 Å². The number of hydrogen-bond donors (Lipinski definition) is 1. The highest BCUT2D eigenvalue weighted by molar-refractivity contribution is 6.02. The molecule has 0 aliphatic carbocycles. The molecule has 0 bridgehead atoms. The van der Waals surface area contributed by atoms with Crippen LogP contribution in [0.2, 0.25) is 0 Å². The summed E-state index contributed by atoms with van der Waals surface area (Å²) in [6, 6.07) is 20.6. The van der Waals surface area contributed by atoms with Gasteiger partial charge < -0.3 is 14.0 Å². The first-order chi connectivity index (χ1) is 21.8. The fourth-order valence-electron chi connectivity index (χ4n) is 5.08. The lowest BCUT2D eigenvalue weighted by Crippen LogP contribution is -2.12. The smallest absolute Gasteiger partial charge is 0.460 e. The number of aromatic nitrogens is 6. The first-order valence-corrected chi connectivity index (χ1v) is 14.2. The van der Waals surface area contributed by atoms with Gasteiger partial charge in [0, 0.05) is 5.56 Å². The second-order valence-corrected chi connectivity index (χ2v) is 10.4. The summed E-state index contributed by atoms with van der Waals surface area (Å²) in [6.45, 7) is 4.92. The molecule has 6 rings (SSSR count). The van der Waals surface area contributed by atoms with Crippen molar-refractivity contribution in [2.75, 3.05) is 13.3 Å². The SMILES string of the molecule is Cc1nc(C)c(COC(=O)c2cccc3nc(OCCF)n(Cc4ccc(-c5ccccc5-c5nc(=O)o[nH]5)cc4)c23)nc1C. The lowest BCUT2D eigenvalue weighted by molar-refractivity contribution is 0.0468. The molecule has 0 aliphatic heterocycles. The number of halogens is 1. The molecule has 12 heteroatoms. The summed E-state index contributed by atoms with van der Waals surface area (Å²) in [5, 5.41) is 2.56. The molecule has 0 saturated carbocycles. The van der Waals surface area contributed by atoms with Crippen molar-refractivity contribution in [1.82, 2.24) is 29.7 Å². The van der Waals surface area contributed by atoms with Gasteiger partial charge >= 0.3 is 11.7 Å². The monoisotopic (exact) mass is 608 g/mol. The van der Waals surface area contributed by atoms with Gasteiger partial charge in [0.25, 0.3) is 6.01 Å². The standard InChI is InChI=1S/C33H29FN6O5/c1-19-20(2)36-28(21(3)35-19)18-44-31(41)26-9-6-10-27-29(26)40(32(37-27)43-16-15-34)17-22-11-13-23(14-12-22)24-7-4-5-8-25(24)30-38-33(42)45-39-30/h4-14H,15-18H2,1-3H3,(H,38,39,42). The zero-order valence-electron chi connectivity index (χ0n) is 24.8. The number of H-pyrrole nitrogens is 1. The van der Waals surface area contributed by atoms with Gasteiger partial charge in [0.1, 0.15) is 19.9 Å². The Balaban J connectivity index is 1.32. The molecule has 6 aromatic rings. The van der Waals surface area contributed by atoms with Crippen molar-refractivity contribution >= 4 is 17.0 Å². The average molecular weight is 609 g/mol. The molecule has 0 spiro atoms. The summed E-state index contributed by atoms with van der Waals surface area (Å²) in [4.78, 5) is 42.4. The van der Waals surface area contributed by atoms with Crippen LogP contribution in [0.15, 0.2) is 76.0 Å². The molecule has 3 aromatic carbocycles. The van der Waals surface area contributed by atoms with Gasteiger partial charge in [-0.05, 0) is 49.6 Å². The van der Waals surface area contributed by atoms with Crippen LogP contribution in [0.3, 0.4) is 0 Å². The van der Waals surface area contributed by atoms with E-state index < -0.39 is 18.4 Å². The quantitative estimate of drug-likeness (QED) is 0.199. The Morgan fingerprint density at radius 2 is 1.64 bits per heavy atom. The zero-order valence-corrected chi connectivity index (χ0v) is 24.8. The van der Waals surface area contributed by atoms with E-state index in [1.165, 1.54) is 0 Å². The minimum Gasteiger partial charge on any atom is -0.462 e. The third kappa shape index (κ3) is 6.07. The maximum Gasteiger partial charge on any atom is 0.460 e. The van der Waals surface area contributed by atoms with Crippen molar-refractivity contribution in [1.29, 1.82) is 0 Å². The molecular formula is C33H29FN6O5. The van der Waals surface area contributed by atoms with E-state index in [9.17, 15) is 14.0 Å². The lowest BCUT2D eigenvalue weighted by atomic mass is 9.98. The normalized spacial score (nSPS) is 11.2. The van der Waals surface area contributed by atoms with Crippen molar-refractivity contribution in [3.05, 3.63) is 111 Å². The van der Waals surface area contributed by atoms with E-state index in [1.807, 2.05) is 69.3 Å². The number of carbonyl (C=O) groups excluding carboxylic acids is 1. The molecule has 0 atom stereocenters. The Labute approximate surface area is 256 Å². The molecule has 45 heavy (non-hydrogen) atoms. The third-order valence-corrected chi connectivity index (χ3v) is 7.41. The number of hydrogen-bond acceptors (Lipinski definition) is 9. The van der Waals surface area contributed by atoms with Crippen molar-refractivity contribution in [3.8, 4) is 28.5 Å². The Morgan fingerprint density at radius 1 is 0.889 bits per heavy atom. The van der Waals surface area contributed by atoms with Crippen LogP contribution < -0.4 is 10.5 Å². The third-order valence-electron chi connectivity index (χ3n) is 7.41. The fourth-order valence-corrected chi connectivity index (χ4v) is 5.08. The van der Waals surface area contributed by atoms with Crippen LogP contribution >= 0.6 is 0 Å². The summed E-state index contributed by atoms with van der Waals surface area (Å²) < 4.78 is 31.0. The molecule has 0 saturated heterocycles. The second kappa shape index (κ2) is 12.5. The first-order valence-electron chi connectivity index (χ1n) is 14.2. The maximum absolute atomic E-state index is 13.4. The van der Waals surface area contributed by atoms with Crippen molar-refractivity contribution < 1.29 is 23.2 Å². The van der Waals surface area contributed by atoms with Crippen LogP contribution in [0.5, 0.6) is 6.01 Å². The molecule has 1 N–H and O–H groups in total. The van der Waals surface area contributed by atoms with Crippen LogP contribution in [0, 0.1) is 20.8 Å². The second-order valence-electron chi connectivity index (χ2n) is 10.4. The molecular weight excluding hydrogens is 579 g/mol. The number of carbonyl (C=O) groups is 1. The molecule has 0 unspecified atom stereocenters. The predicted molar refractivity (Wildman–Crippen MR) is 164 cm³/mol. The summed E-state index contributed by atoms with van der Waals surface area (Å²) in [6.07, 6.45) is 0. The number of para-hydroxylation sites is 1. The number of alkyl halides is 1. The van der Waals surface area contributed by atoms with Crippen LogP contribution in [0.4, 0.5) is 4.39 Å². The van der Waals surface area contributed by atoms with Crippen molar-refractivity contribution in [3.63, 3.8) is 0 Å². The maximum atomic E-state index is 13.4. The van der Waals surface area contributed by atoms with E-state index in [-0.39, 0.29) is 31.3 Å². The number of imidazole rings is 1. The summed E-state index contributed by atoms with van der Waals surface area (Å²) in [5.74, 6) is -0.930. The highest BCUT2D eigenvalue weighted by Crippen LogP contribution is 2.31. The Kier molecular flexibility index (Phi) is 8.19. The number of esters is 1. The lowest BCUT2D eigenvalue weighted by Gasteiger charge is -2.13. The summed E-state index contributed by atoms with van der Waals surface area (Å²) in [5.41, 5.74) is 7.48. The number of nitrogens with one attached hydrogen (secondary N) is 1. The van der Waals surface area contributed by atoms with Crippen LogP contribution in [0.25, 0.3) is 33.5 Å². The van der Waals surface area contributed by atoms with Gasteiger partial charge in [-0.25, -0.2) is 14.0 Å². The highest BCUT2D eigenvalue weighted by atomic mass is 19.1. The fraction of sp³-hybridized carbons (Fsp3) is 0.212. The first kappa shape index (κ1) is 29.4. The van der Waals surface area contributed by atoms with Gasteiger partial charge in [0.2, 0.25) is 0 Å². The van der Waals surface area contributed by atoms with E-state index in [2.05, 4.69) is 25.1 Å². The largest absolute Gasteiger partial charge is 0.462 e. The Morgan fingerprint density at radius 3 is 2.38 bits per heavy atom. The molecule has 0 aliphatic rings. The molecule has 11 nitrogen and oxygen atoms in total. The number of fused-ring (bicyclic) bond motifs is 1. The molecule has 0 amide bonds. The Hall–Kier alpha value is -5.65. The van der Waals surface area contributed by atoms with Gasteiger partial charge in [-0.1, -0.05) is 54.6 Å².